The van der Waals surface area contributed by atoms with E-state index in [1.807, 2.05) is 43.3 Å². The summed E-state index contributed by atoms with van der Waals surface area (Å²) in [5.74, 6) is -0.0494. The van der Waals surface area contributed by atoms with Crippen LogP contribution in [0.3, 0.4) is 0 Å². The van der Waals surface area contributed by atoms with E-state index in [-0.39, 0.29) is 11.9 Å². The molecule has 3 rings (SSSR count). The van der Waals surface area contributed by atoms with Crippen LogP contribution in [0, 0.1) is 0 Å². The van der Waals surface area contributed by atoms with Crippen molar-refractivity contribution in [2.75, 3.05) is 37.6 Å². The van der Waals surface area contributed by atoms with Crippen molar-refractivity contribution in [1.82, 2.24) is 15.2 Å². The summed E-state index contributed by atoms with van der Waals surface area (Å²) in [7, 11) is 0. The maximum atomic E-state index is 12.5. The lowest BCUT2D eigenvalue weighted by molar-refractivity contribution is 0.0940. The molecule has 0 spiro atoms. The Morgan fingerprint density at radius 1 is 1.08 bits per heavy atom. The molecular weight excluding hydrogens is 312 g/mol. The van der Waals surface area contributed by atoms with E-state index in [4.69, 9.17) is 0 Å². The molecule has 1 aliphatic heterocycles. The Kier molecular flexibility index (Phi) is 5.66. The molecule has 1 aromatic carbocycles. The second kappa shape index (κ2) is 8.12. The average molecular weight is 338 g/mol. The van der Waals surface area contributed by atoms with E-state index in [0.717, 1.165) is 38.3 Å². The molecule has 1 N–H and O–H groups in total. The highest BCUT2D eigenvalue weighted by Gasteiger charge is 2.16. The van der Waals surface area contributed by atoms with Crippen LogP contribution >= 0.6 is 0 Å². The van der Waals surface area contributed by atoms with Crippen molar-refractivity contribution < 1.29 is 4.79 Å². The summed E-state index contributed by atoms with van der Waals surface area (Å²) in [6.07, 6.45) is 3.48. The SMILES string of the molecule is CCN1CCN(c2ccc(C(=O)N[C@@H](C)c3ccncc3)cc2)CC1. The number of aromatic nitrogens is 1. The Bertz CT molecular complexity index is 679. The van der Waals surface area contributed by atoms with E-state index >= 15 is 0 Å². The lowest BCUT2D eigenvalue weighted by Gasteiger charge is -2.35. The topological polar surface area (TPSA) is 48.5 Å². The van der Waals surface area contributed by atoms with Gasteiger partial charge < -0.3 is 15.1 Å². The van der Waals surface area contributed by atoms with Crippen LogP contribution in [-0.4, -0.2) is 48.5 Å². The number of hydrogen-bond donors (Lipinski definition) is 1. The van der Waals surface area contributed by atoms with E-state index in [9.17, 15) is 4.79 Å². The molecule has 25 heavy (non-hydrogen) atoms. The van der Waals surface area contributed by atoms with Crippen molar-refractivity contribution in [1.29, 1.82) is 0 Å². The number of carbonyl (C=O) groups excluding carboxylic acids is 1. The minimum Gasteiger partial charge on any atom is -0.369 e. The van der Waals surface area contributed by atoms with E-state index in [2.05, 4.69) is 27.0 Å². The first-order valence-corrected chi connectivity index (χ1v) is 8.95. The number of nitrogens with zero attached hydrogens (tertiary/aromatic N) is 3. The molecule has 1 aliphatic rings. The van der Waals surface area contributed by atoms with Gasteiger partial charge in [-0.3, -0.25) is 9.78 Å². The van der Waals surface area contributed by atoms with E-state index in [1.54, 1.807) is 12.4 Å². The first-order chi connectivity index (χ1) is 12.2. The molecule has 2 heterocycles. The van der Waals surface area contributed by atoms with Crippen molar-refractivity contribution in [2.24, 2.45) is 0 Å². The van der Waals surface area contributed by atoms with Crippen LogP contribution in [-0.2, 0) is 0 Å². The maximum absolute atomic E-state index is 12.5. The number of benzene rings is 1. The fourth-order valence-electron chi connectivity index (χ4n) is 3.16. The monoisotopic (exact) mass is 338 g/mol. The van der Waals surface area contributed by atoms with Crippen LogP contribution in [0.1, 0.15) is 35.8 Å². The molecule has 1 saturated heterocycles. The zero-order chi connectivity index (χ0) is 17.6. The molecule has 0 saturated carbocycles. The Hall–Kier alpha value is -2.40. The zero-order valence-corrected chi connectivity index (χ0v) is 15.0. The van der Waals surface area contributed by atoms with Gasteiger partial charge >= 0.3 is 0 Å². The van der Waals surface area contributed by atoms with Gasteiger partial charge in [-0.25, -0.2) is 0 Å². The van der Waals surface area contributed by atoms with Gasteiger partial charge in [0, 0.05) is 49.8 Å². The summed E-state index contributed by atoms with van der Waals surface area (Å²) < 4.78 is 0. The quantitative estimate of drug-likeness (QED) is 0.911. The van der Waals surface area contributed by atoms with Gasteiger partial charge in [0.1, 0.15) is 0 Å². The predicted molar refractivity (Wildman–Crippen MR) is 101 cm³/mol. The lowest BCUT2D eigenvalue weighted by atomic mass is 10.1. The first kappa shape index (κ1) is 17.4. The van der Waals surface area contributed by atoms with E-state index in [1.165, 1.54) is 5.69 Å². The van der Waals surface area contributed by atoms with Gasteiger partial charge in [0.25, 0.3) is 5.91 Å². The highest BCUT2D eigenvalue weighted by atomic mass is 16.1. The van der Waals surface area contributed by atoms with Crippen molar-refractivity contribution >= 4 is 11.6 Å². The summed E-state index contributed by atoms with van der Waals surface area (Å²) in [6.45, 7) is 9.58. The number of likely N-dealkylation sites (N-methyl/N-ethyl adjacent to an activating group) is 1. The summed E-state index contributed by atoms with van der Waals surface area (Å²) in [6, 6.07) is 11.7. The third-order valence-electron chi connectivity index (χ3n) is 4.87. The molecule has 0 bridgehead atoms. The maximum Gasteiger partial charge on any atom is 0.251 e. The molecule has 0 aliphatic carbocycles. The number of piperazine rings is 1. The molecule has 2 aromatic rings. The van der Waals surface area contributed by atoms with Gasteiger partial charge in [-0.1, -0.05) is 6.92 Å². The molecule has 5 nitrogen and oxygen atoms in total. The second-order valence-electron chi connectivity index (χ2n) is 6.44. The average Bonchev–Trinajstić information content (AvgIpc) is 2.69. The molecule has 1 fully saturated rings. The van der Waals surface area contributed by atoms with Crippen LogP contribution in [0.15, 0.2) is 48.8 Å². The largest absolute Gasteiger partial charge is 0.369 e. The second-order valence-corrected chi connectivity index (χ2v) is 6.44. The Labute approximate surface area is 149 Å². The highest BCUT2D eigenvalue weighted by molar-refractivity contribution is 5.94. The van der Waals surface area contributed by atoms with Crippen LogP contribution < -0.4 is 10.2 Å². The highest BCUT2D eigenvalue weighted by Crippen LogP contribution is 2.18. The van der Waals surface area contributed by atoms with Gasteiger partial charge in [-0.05, 0) is 55.4 Å². The Balaban J connectivity index is 1.59. The molecular formula is C20H26N4O. The van der Waals surface area contributed by atoms with Gasteiger partial charge in [0.15, 0.2) is 0 Å². The number of carbonyl (C=O) groups is 1. The molecule has 0 unspecified atom stereocenters. The fourth-order valence-corrected chi connectivity index (χ4v) is 3.16. The molecule has 5 heteroatoms. The number of pyridine rings is 1. The fraction of sp³-hybridized carbons (Fsp3) is 0.400. The minimum absolute atomic E-state index is 0.0442. The summed E-state index contributed by atoms with van der Waals surface area (Å²) in [5.41, 5.74) is 2.93. The van der Waals surface area contributed by atoms with Crippen LogP contribution in [0.25, 0.3) is 0 Å². The van der Waals surface area contributed by atoms with Crippen molar-refractivity contribution in [3.8, 4) is 0 Å². The molecule has 132 valence electrons. The molecule has 1 atom stereocenters. The number of amides is 1. The van der Waals surface area contributed by atoms with E-state index < -0.39 is 0 Å². The van der Waals surface area contributed by atoms with Crippen LogP contribution in [0.5, 0.6) is 0 Å². The molecule has 0 radical (unpaired) electrons. The van der Waals surface area contributed by atoms with Crippen molar-refractivity contribution in [3.05, 3.63) is 59.9 Å². The summed E-state index contributed by atoms with van der Waals surface area (Å²) in [4.78, 5) is 21.3. The predicted octanol–water partition coefficient (Wildman–Crippen LogP) is 2.71. The Morgan fingerprint density at radius 3 is 2.32 bits per heavy atom. The molecule has 1 aromatic heterocycles. The smallest absolute Gasteiger partial charge is 0.251 e. The summed E-state index contributed by atoms with van der Waals surface area (Å²) >= 11 is 0. The minimum atomic E-state index is -0.0494. The van der Waals surface area contributed by atoms with Gasteiger partial charge in [-0.15, -0.1) is 0 Å². The standard InChI is InChI=1S/C20H26N4O/c1-3-23-12-14-24(15-13-23)19-6-4-18(5-7-19)20(25)22-16(2)17-8-10-21-11-9-17/h4-11,16H,3,12-15H2,1-2H3,(H,22,25)/t16-/m0/s1. The van der Waals surface area contributed by atoms with Crippen LogP contribution in [0.2, 0.25) is 0 Å². The number of hydrogen-bond acceptors (Lipinski definition) is 4. The normalized spacial score (nSPS) is 16.5. The lowest BCUT2D eigenvalue weighted by Crippen LogP contribution is -2.46. The molecule has 1 amide bonds. The first-order valence-electron chi connectivity index (χ1n) is 8.95. The van der Waals surface area contributed by atoms with Crippen LogP contribution in [0.4, 0.5) is 5.69 Å². The summed E-state index contributed by atoms with van der Waals surface area (Å²) in [5, 5.41) is 3.04. The van der Waals surface area contributed by atoms with Gasteiger partial charge in [0.2, 0.25) is 0 Å². The van der Waals surface area contributed by atoms with Crippen molar-refractivity contribution in [3.63, 3.8) is 0 Å². The number of rotatable bonds is 5. The number of anilines is 1. The Morgan fingerprint density at radius 2 is 1.72 bits per heavy atom. The number of nitrogens with one attached hydrogen (secondary N) is 1. The zero-order valence-electron chi connectivity index (χ0n) is 15.0. The third kappa shape index (κ3) is 4.37. The van der Waals surface area contributed by atoms with Gasteiger partial charge in [-0.2, -0.15) is 0 Å². The van der Waals surface area contributed by atoms with Gasteiger partial charge in [0.05, 0.1) is 6.04 Å². The van der Waals surface area contributed by atoms with E-state index in [0.29, 0.717) is 5.56 Å². The third-order valence-corrected chi connectivity index (χ3v) is 4.87. The van der Waals surface area contributed by atoms with Crippen molar-refractivity contribution in [2.45, 2.75) is 19.9 Å².